The highest BCUT2D eigenvalue weighted by Gasteiger charge is 2.55. The Bertz CT molecular complexity index is 2630. The van der Waals surface area contributed by atoms with E-state index in [9.17, 15) is 5.11 Å². The van der Waals surface area contributed by atoms with Gasteiger partial charge in [0.05, 0.1) is 41.8 Å². The van der Waals surface area contributed by atoms with Crippen molar-refractivity contribution in [2.45, 2.75) is 116 Å². The highest BCUT2D eigenvalue weighted by Crippen LogP contribution is 2.51. The van der Waals surface area contributed by atoms with Crippen molar-refractivity contribution in [3.05, 3.63) is 129 Å². The van der Waals surface area contributed by atoms with E-state index in [1.807, 2.05) is 98.8 Å². The first-order valence-electron chi connectivity index (χ1n) is 21.6. The normalized spacial score (nSPS) is 21.0. The van der Waals surface area contributed by atoms with Crippen LogP contribution in [0.5, 0.6) is 5.75 Å². The molecule has 13 heteroatoms. The lowest BCUT2D eigenvalue weighted by Gasteiger charge is -2.43. The number of aromatic nitrogens is 3. The van der Waals surface area contributed by atoms with Gasteiger partial charge >= 0.3 is 20.0 Å². The lowest BCUT2D eigenvalue weighted by atomic mass is 9.95. The number of fused-ring (bicyclic) bond motifs is 2. The molecule has 0 aliphatic heterocycles. The minimum Gasteiger partial charge on any atom is -0.508 e. The molecule has 5 atom stereocenters. The number of nitrogens with zero attached hydrogens (tertiary/aromatic N) is 3. The summed E-state index contributed by atoms with van der Waals surface area (Å²) in [5, 5.41) is 12.6. The minimum atomic E-state index is -3.47. The summed E-state index contributed by atoms with van der Waals surface area (Å²) in [6.07, 6.45) is 5.98. The molecule has 8 rings (SSSR count). The highest BCUT2D eigenvalue weighted by atomic mass is 32.1. The summed E-state index contributed by atoms with van der Waals surface area (Å²) in [4.78, 5) is 51.3. The average molecular weight is 876 g/mol. The third-order valence-corrected chi connectivity index (χ3v) is 19.7. The number of aryl methyl sites for hydroxylation is 1. The molecule has 0 radical (unpaired) electrons. The van der Waals surface area contributed by atoms with Crippen molar-refractivity contribution in [3.8, 4) is 16.5 Å². The maximum atomic E-state index is 15.5. The van der Waals surface area contributed by atoms with Crippen molar-refractivity contribution in [1.82, 2.24) is 14.1 Å². The number of benzene rings is 3. The van der Waals surface area contributed by atoms with Crippen molar-refractivity contribution in [1.29, 1.82) is 0 Å². The van der Waals surface area contributed by atoms with Crippen LogP contribution >= 0.6 is 11.3 Å². The molecule has 3 aromatic heterocycles. The first-order chi connectivity index (χ1) is 29.5. The van der Waals surface area contributed by atoms with Crippen LogP contribution in [-0.2, 0) is 26.0 Å². The Labute approximate surface area is 367 Å². The van der Waals surface area contributed by atoms with E-state index in [1.165, 1.54) is 17.6 Å². The standard InChI is InChI=1S/C49H57N3O8SSi/c1-9-49(56)28-32-26-34(27-33(32)29-49)59-39(37-22-16-17-23-38(37)57-8)30-51-44-40(31(2)41(61-44)42-50-24-25-58-42)43(53)52(46(51)55)48(6,7)45(54)60-62(47(3,4)5,35-18-12-10-13-19-35)36-20-14-11-15-21-36/h10-25,32-34,39,56H,9,26-30H2,1-8H3/t32-,33+,34?,39?,49?. The molecule has 1 N–H and O–H groups in total. The smallest absolute Gasteiger partial charge is 0.333 e. The molecule has 2 saturated carbocycles. The quantitative estimate of drug-likeness (QED) is 0.114. The number of carbonyl (C=O) groups is 1. The second kappa shape index (κ2) is 16.6. The SMILES string of the molecule is CCC1(O)C[C@H]2CC(OC(Cn3c(=O)n(C(C)(C)C(=O)O[Si](c4ccccc4)(c4ccccc4)C(C)(C)C)c(=O)c4c(C)c(-c5ncco5)sc43)c3ccccc3OC)C[C@H]2C1. The van der Waals surface area contributed by atoms with Gasteiger partial charge in [-0.1, -0.05) is 107 Å². The van der Waals surface area contributed by atoms with Gasteiger partial charge in [-0.3, -0.25) is 14.2 Å². The van der Waals surface area contributed by atoms with Gasteiger partial charge in [0.15, 0.2) is 0 Å². The number of methoxy groups -OCH3 is 1. The molecule has 11 nitrogen and oxygen atoms in total. The summed E-state index contributed by atoms with van der Waals surface area (Å²) >= 11 is 1.25. The Kier molecular flexibility index (Phi) is 11.6. The number of aliphatic hydroxyl groups is 1. The summed E-state index contributed by atoms with van der Waals surface area (Å²) in [5.74, 6) is 0.905. The van der Waals surface area contributed by atoms with Crippen LogP contribution in [0.1, 0.15) is 90.9 Å². The zero-order valence-electron chi connectivity index (χ0n) is 36.8. The number of oxazole rings is 1. The van der Waals surface area contributed by atoms with Crippen molar-refractivity contribution < 1.29 is 28.2 Å². The van der Waals surface area contributed by atoms with Crippen LogP contribution in [0.4, 0.5) is 0 Å². The maximum absolute atomic E-state index is 15.5. The molecular formula is C49H57N3O8SSi. The largest absolute Gasteiger partial charge is 0.508 e. The number of hydrogen-bond donors (Lipinski definition) is 1. The van der Waals surface area contributed by atoms with Crippen LogP contribution < -0.4 is 26.4 Å². The third kappa shape index (κ3) is 7.50. The highest BCUT2D eigenvalue weighted by molar-refractivity contribution is 7.22. The van der Waals surface area contributed by atoms with Crippen LogP contribution in [0.3, 0.4) is 0 Å². The molecule has 0 saturated heterocycles. The molecule has 2 aliphatic rings. The molecule has 0 amide bonds. The van der Waals surface area contributed by atoms with E-state index in [2.05, 4.69) is 25.8 Å². The molecule has 3 aromatic carbocycles. The molecule has 3 unspecified atom stereocenters. The topological polar surface area (TPSA) is 135 Å². The second-order valence-electron chi connectivity index (χ2n) is 18.7. The fraction of sp³-hybridized carbons (Fsp3) is 0.429. The van der Waals surface area contributed by atoms with Crippen LogP contribution in [0.25, 0.3) is 21.0 Å². The van der Waals surface area contributed by atoms with Crippen LogP contribution in [0, 0.1) is 18.8 Å². The van der Waals surface area contributed by atoms with E-state index in [0.717, 1.165) is 52.6 Å². The predicted octanol–water partition coefficient (Wildman–Crippen LogP) is 8.12. The zero-order chi connectivity index (χ0) is 44.2. The molecule has 2 fully saturated rings. The van der Waals surface area contributed by atoms with Crippen LogP contribution in [0.2, 0.25) is 5.04 Å². The number of rotatable bonds is 13. The molecule has 2 aliphatic carbocycles. The number of thiophene rings is 1. The van der Waals surface area contributed by atoms with Gasteiger partial charge in [-0.15, -0.1) is 11.3 Å². The van der Waals surface area contributed by atoms with Gasteiger partial charge < -0.3 is 23.4 Å². The van der Waals surface area contributed by atoms with Crippen molar-refractivity contribution in [3.63, 3.8) is 0 Å². The van der Waals surface area contributed by atoms with Crippen LogP contribution in [0.15, 0.2) is 111 Å². The lowest BCUT2D eigenvalue weighted by molar-refractivity contribution is -0.144. The van der Waals surface area contributed by atoms with Gasteiger partial charge in [-0.2, -0.15) is 0 Å². The van der Waals surface area contributed by atoms with E-state index in [1.54, 1.807) is 31.7 Å². The van der Waals surface area contributed by atoms with Gasteiger partial charge in [-0.25, -0.2) is 14.3 Å². The Hall–Kier alpha value is -5.08. The molecule has 0 spiro atoms. The Morgan fingerprint density at radius 2 is 1.55 bits per heavy atom. The summed E-state index contributed by atoms with van der Waals surface area (Å²) in [6.45, 7) is 13.3. The molecule has 326 valence electrons. The Balaban J connectivity index is 1.28. The van der Waals surface area contributed by atoms with Gasteiger partial charge in [0.2, 0.25) is 5.89 Å². The van der Waals surface area contributed by atoms with E-state index >= 15 is 14.4 Å². The lowest BCUT2D eigenvalue weighted by Crippen LogP contribution is -2.69. The monoisotopic (exact) mass is 875 g/mol. The molecule has 0 bridgehead atoms. The first kappa shape index (κ1) is 43.6. The summed E-state index contributed by atoms with van der Waals surface area (Å²) in [6, 6.07) is 27.2. The van der Waals surface area contributed by atoms with E-state index < -0.39 is 47.8 Å². The van der Waals surface area contributed by atoms with Gasteiger partial charge in [-0.05, 0) is 91.8 Å². The number of hydrogen-bond acceptors (Lipinski definition) is 10. The van der Waals surface area contributed by atoms with Crippen molar-refractivity contribution in [2.24, 2.45) is 11.8 Å². The summed E-state index contributed by atoms with van der Waals surface area (Å²) < 4.78 is 28.3. The fourth-order valence-corrected chi connectivity index (χ4v) is 15.9. The van der Waals surface area contributed by atoms with Crippen molar-refractivity contribution >= 4 is 46.2 Å². The average Bonchev–Trinajstić information content (AvgIpc) is 4.05. The predicted molar refractivity (Wildman–Crippen MR) is 245 cm³/mol. The molecule has 62 heavy (non-hydrogen) atoms. The fourth-order valence-electron chi connectivity index (χ4n) is 10.2. The first-order valence-corrected chi connectivity index (χ1v) is 24.3. The number of para-hydroxylation sites is 1. The van der Waals surface area contributed by atoms with Crippen molar-refractivity contribution in [2.75, 3.05) is 7.11 Å². The molecule has 3 heterocycles. The van der Waals surface area contributed by atoms with E-state index in [4.69, 9.17) is 18.3 Å². The zero-order valence-corrected chi connectivity index (χ0v) is 38.7. The van der Waals surface area contributed by atoms with Gasteiger partial charge in [0, 0.05) is 5.56 Å². The number of ether oxygens (including phenoxy) is 2. The summed E-state index contributed by atoms with van der Waals surface area (Å²) in [5.41, 5.74) is -2.38. The third-order valence-electron chi connectivity index (χ3n) is 13.5. The minimum absolute atomic E-state index is 0.00549. The van der Waals surface area contributed by atoms with E-state index in [0.29, 0.717) is 38.7 Å². The Morgan fingerprint density at radius 3 is 2.10 bits per heavy atom. The van der Waals surface area contributed by atoms with E-state index in [-0.39, 0.29) is 18.0 Å². The molecule has 6 aromatic rings. The Morgan fingerprint density at radius 1 is 0.952 bits per heavy atom. The summed E-state index contributed by atoms with van der Waals surface area (Å²) in [7, 11) is -1.86. The van der Waals surface area contributed by atoms with Crippen LogP contribution in [-0.4, -0.2) is 52.3 Å². The molecular weight excluding hydrogens is 819 g/mol. The maximum Gasteiger partial charge on any atom is 0.333 e. The second-order valence-corrected chi connectivity index (χ2v) is 23.9. The van der Waals surface area contributed by atoms with Gasteiger partial charge in [0.1, 0.15) is 28.5 Å². The number of carbonyl (C=O) groups excluding carboxylic acids is 1. The van der Waals surface area contributed by atoms with Gasteiger partial charge in [0.25, 0.3) is 5.56 Å².